The zero-order chi connectivity index (χ0) is 30.9. The number of carbonyl (C=O) groups excluding carboxylic acids is 5. The summed E-state index contributed by atoms with van der Waals surface area (Å²) < 4.78 is 49.0. The highest BCUT2D eigenvalue weighted by Gasteiger charge is 2.69. The molecule has 1 aromatic rings. The normalized spacial score (nSPS) is 33.0. The minimum absolute atomic E-state index is 0.125. The summed E-state index contributed by atoms with van der Waals surface area (Å²) >= 11 is 0. The van der Waals surface area contributed by atoms with Crippen LogP contribution >= 0.6 is 0 Å². The predicted octanol–water partition coefficient (Wildman–Crippen LogP) is 0.0119. The molecule has 1 aromatic carbocycles. The van der Waals surface area contributed by atoms with Crippen LogP contribution in [0, 0.1) is 29.6 Å². The van der Waals surface area contributed by atoms with Gasteiger partial charge in [-0.3, -0.25) is 28.9 Å². The maximum atomic E-state index is 14.6. The van der Waals surface area contributed by atoms with Crippen molar-refractivity contribution in [2.24, 2.45) is 35.3 Å². The molecule has 0 bridgehead atoms. The molecule has 0 spiro atoms. The maximum Gasteiger partial charge on any atom is 0.417 e. The smallest absolute Gasteiger partial charge is 0.417 e. The number of phenols is 1. The summed E-state index contributed by atoms with van der Waals surface area (Å²) in [6.45, 7) is 1.17. The molecule has 2 saturated carbocycles. The average Bonchev–Trinajstić information content (AvgIpc) is 3.38. The van der Waals surface area contributed by atoms with Gasteiger partial charge in [-0.2, -0.15) is 13.2 Å². The molecule has 1 saturated heterocycles. The Labute approximate surface area is 238 Å². The predicted molar refractivity (Wildman–Crippen MR) is 137 cm³/mol. The number of hydrogen-bond donors (Lipinski definition) is 4. The fourth-order valence-electron chi connectivity index (χ4n) is 7.39. The van der Waals surface area contributed by atoms with Gasteiger partial charge in [0.1, 0.15) is 5.75 Å². The van der Waals surface area contributed by atoms with Crippen molar-refractivity contribution in [3.8, 4) is 5.75 Å². The number of fused-ring (bicyclic) bond motifs is 3. The molecule has 1 heterocycles. The molecular formula is C28H32F3N3O8. The Bertz CT molecular complexity index is 1370. The Balaban J connectivity index is 1.58. The van der Waals surface area contributed by atoms with E-state index in [9.17, 15) is 47.4 Å². The SMILES string of the molecule is CN(C)[C@@H]1C(=O)C(C(N)=O)C(=O)[C@@]2(O)C(=O)C3C(=O)c4c(O)cc(CNCC5CCOC5)c(C(F)(F)F)c4C[C@H]3C[C@@H]12. The molecule has 7 atom stereocenters. The third-order valence-corrected chi connectivity index (χ3v) is 9.20. The molecule has 228 valence electrons. The van der Waals surface area contributed by atoms with Crippen LogP contribution in [0.5, 0.6) is 5.75 Å². The number of nitrogens with two attached hydrogens (primary N) is 1. The highest BCUT2D eigenvalue weighted by Crippen LogP contribution is 2.52. The largest absolute Gasteiger partial charge is 0.507 e. The first kappa shape index (κ1) is 30.3. The van der Waals surface area contributed by atoms with Gasteiger partial charge in [-0.15, -0.1) is 0 Å². The number of amides is 1. The third-order valence-electron chi connectivity index (χ3n) is 9.20. The van der Waals surface area contributed by atoms with Gasteiger partial charge in [0.05, 0.1) is 29.7 Å². The second-order valence-corrected chi connectivity index (χ2v) is 11.9. The number of ketones is 4. The van der Waals surface area contributed by atoms with E-state index >= 15 is 0 Å². The van der Waals surface area contributed by atoms with Crippen LogP contribution in [0.2, 0.25) is 0 Å². The van der Waals surface area contributed by atoms with Crippen molar-refractivity contribution in [3.63, 3.8) is 0 Å². The highest BCUT2D eigenvalue weighted by molar-refractivity contribution is 6.32. The van der Waals surface area contributed by atoms with Crippen molar-refractivity contribution in [1.82, 2.24) is 10.2 Å². The van der Waals surface area contributed by atoms with Crippen LogP contribution in [0.1, 0.15) is 39.9 Å². The van der Waals surface area contributed by atoms with E-state index in [0.717, 1.165) is 12.5 Å². The molecule has 0 radical (unpaired) electrons. The van der Waals surface area contributed by atoms with Gasteiger partial charge in [0.15, 0.2) is 34.7 Å². The number of hydrogen-bond acceptors (Lipinski definition) is 10. The van der Waals surface area contributed by atoms with Crippen LogP contribution in [-0.2, 0) is 43.1 Å². The minimum Gasteiger partial charge on any atom is -0.507 e. The first-order valence-electron chi connectivity index (χ1n) is 13.7. The van der Waals surface area contributed by atoms with E-state index in [1.807, 2.05) is 0 Å². The minimum atomic E-state index is -4.92. The Morgan fingerprint density at radius 3 is 2.48 bits per heavy atom. The Kier molecular flexibility index (Phi) is 7.57. The van der Waals surface area contributed by atoms with Crippen molar-refractivity contribution >= 4 is 29.0 Å². The van der Waals surface area contributed by atoms with Gasteiger partial charge in [-0.25, -0.2) is 0 Å². The van der Waals surface area contributed by atoms with Crippen LogP contribution in [-0.4, -0.2) is 89.6 Å². The van der Waals surface area contributed by atoms with E-state index < -0.39 is 99.4 Å². The van der Waals surface area contributed by atoms with E-state index in [0.29, 0.717) is 19.8 Å². The second-order valence-electron chi connectivity index (χ2n) is 11.9. The molecule has 42 heavy (non-hydrogen) atoms. The maximum absolute atomic E-state index is 14.6. The summed E-state index contributed by atoms with van der Waals surface area (Å²) in [6.07, 6.45) is -4.98. The van der Waals surface area contributed by atoms with Gasteiger partial charge in [0.25, 0.3) is 0 Å². The number of likely N-dealkylation sites (N-methyl/N-ethyl adjacent to an activating group) is 1. The number of benzene rings is 1. The summed E-state index contributed by atoms with van der Waals surface area (Å²) in [5.41, 5.74) is -0.212. The van der Waals surface area contributed by atoms with Crippen LogP contribution in [0.15, 0.2) is 6.07 Å². The van der Waals surface area contributed by atoms with Crippen LogP contribution in [0.3, 0.4) is 0 Å². The van der Waals surface area contributed by atoms with E-state index in [4.69, 9.17) is 10.5 Å². The Morgan fingerprint density at radius 1 is 1.21 bits per heavy atom. The van der Waals surface area contributed by atoms with Crippen LogP contribution in [0.4, 0.5) is 13.2 Å². The summed E-state index contributed by atoms with van der Waals surface area (Å²) in [4.78, 5) is 67.4. The average molecular weight is 596 g/mol. The summed E-state index contributed by atoms with van der Waals surface area (Å²) in [7, 11) is 2.84. The van der Waals surface area contributed by atoms with Crippen LogP contribution < -0.4 is 11.1 Å². The Morgan fingerprint density at radius 2 is 1.90 bits per heavy atom. The number of aromatic hydroxyl groups is 1. The van der Waals surface area contributed by atoms with Crippen LogP contribution in [0.25, 0.3) is 0 Å². The molecule has 3 unspecified atom stereocenters. The topological polar surface area (TPSA) is 176 Å². The number of nitrogens with zero attached hydrogens (tertiary/aromatic N) is 1. The molecule has 5 N–H and O–H groups in total. The van der Waals surface area contributed by atoms with Crippen molar-refractivity contribution in [3.05, 3.63) is 28.3 Å². The molecule has 4 aliphatic rings. The summed E-state index contributed by atoms with van der Waals surface area (Å²) in [5, 5.41) is 25.4. The first-order chi connectivity index (χ1) is 19.6. The number of nitrogens with one attached hydrogen (secondary N) is 1. The zero-order valence-corrected chi connectivity index (χ0v) is 23.0. The molecule has 1 aliphatic heterocycles. The van der Waals surface area contributed by atoms with Gasteiger partial charge >= 0.3 is 6.18 Å². The van der Waals surface area contributed by atoms with Crippen molar-refractivity contribution in [2.45, 2.75) is 43.6 Å². The molecule has 0 aromatic heterocycles. The number of carbonyl (C=O) groups is 5. The number of alkyl halides is 3. The standard InChI is InChI=1S/C28H32F3N3O8/c1-34(2)21-15-6-12-5-14-18(22(36)17(12)24(38)27(15,41)25(39)19(23(21)37)26(32)40)16(35)7-13(20(14)28(29,30)31)9-33-8-11-3-4-42-10-11/h7,11-12,15,17,19,21,33,35,41H,3-6,8-10H2,1-2H3,(H2,32,40)/t11?,12-,15-,17?,19?,21-,27-/m0/s1. The lowest BCUT2D eigenvalue weighted by Gasteiger charge is -2.52. The van der Waals surface area contributed by atoms with Gasteiger partial charge in [0.2, 0.25) is 5.91 Å². The molecule has 3 aliphatic carbocycles. The van der Waals surface area contributed by atoms with Crippen molar-refractivity contribution < 1.29 is 52.1 Å². The lowest BCUT2D eigenvalue weighted by molar-refractivity contribution is -0.181. The number of ether oxygens (including phenoxy) is 1. The summed E-state index contributed by atoms with van der Waals surface area (Å²) in [6, 6.07) is -0.504. The quantitative estimate of drug-likeness (QED) is 0.328. The van der Waals surface area contributed by atoms with Gasteiger partial charge in [0, 0.05) is 25.6 Å². The zero-order valence-electron chi connectivity index (χ0n) is 23.0. The fourth-order valence-corrected chi connectivity index (χ4v) is 7.39. The van der Waals surface area contributed by atoms with Crippen molar-refractivity contribution in [1.29, 1.82) is 0 Å². The monoisotopic (exact) mass is 595 g/mol. The van der Waals surface area contributed by atoms with E-state index in [1.165, 1.54) is 19.0 Å². The van der Waals surface area contributed by atoms with E-state index in [-0.39, 0.29) is 24.4 Å². The summed E-state index contributed by atoms with van der Waals surface area (Å²) in [5.74, 6) is -13.3. The molecular weight excluding hydrogens is 563 g/mol. The van der Waals surface area contributed by atoms with Gasteiger partial charge in [-0.05, 0) is 62.4 Å². The molecule has 1 amide bonds. The number of halogens is 3. The van der Waals surface area contributed by atoms with E-state index in [1.54, 1.807) is 0 Å². The Hall–Kier alpha value is -3.20. The number of Topliss-reactive ketones (excluding diaryl/α,β-unsaturated/α-hetero) is 4. The number of primary amides is 1. The lowest BCUT2D eigenvalue weighted by atomic mass is 9.52. The molecule has 11 nitrogen and oxygen atoms in total. The molecule has 14 heteroatoms. The number of phenolic OH excluding ortho intramolecular Hbond substituents is 1. The first-order valence-corrected chi connectivity index (χ1v) is 13.7. The third kappa shape index (κ3) is 4.55. The molecule has 5 rings (SSSR count). The number of rotatable bonds is 6. The number of aliphatic hydroxyl groups is 1. The van der Waals surface area contributed by atoms with Gasteiger partial charge in [-0.1, -0.05) is 0 Å². The highest BCUT2D eigenvalue weighted by atomic mass is 19.4. The van der Waals surface area contributed by atoms with Crippen molar-refractivity contribution in [2.75, 3.05) is 33.9 Å². The molecule has 3 fully saturated rings. The van der Waals surface area contributed by atoms with E-state index in [2.05, 4.69) is 5.32 Å². The van der Waals surface area contributed by atoms with Gasteiger partial charge < -0.3 is 26.0 Å². The second kappa shape index (κ2) is 10.5. The lowest BCUT2D eigenvalue weighted by Crippen LogP contribution is -2.74. The fraction of sp³-hybridized carbons (Fsp3) is 0.607.